The highest BCUT2D eigenvalue weighted by Crippen LogP contribution is 2.51. The average molecular weight is 715 g/mol. The first-order valence-electron chi connectivity index (χ1n) is 27.2. The quantitative estimate of drug-likeness (QED) is 0.183. The minimum absolute atomic E-state index is 0.0192. The number of benzene rings is 7. The fourth-order valence-electron chi connectivity index (χ4n) is 7.59. The summed E-state index contributed by atoms with van der Waals surface area (Å²) in [7, 11) is 0. The van der Waals surface area contributed by atoms with Crippen molar-refractivity contribution in [3.05, 3.63) is 163 Å². The standard InChI is InChI=1S/C49H31N3O2/c1-49(2)39-18-6-3-13-32(39)36-25-37-33-14-4-7-19-41(33)52(42(37)26-40(36)49)30-21-22-44-38(24-30)46-48(54-44)45(50-27-51-46)29-12-9-11-28(23-29)31-16-10-17-35-34-15-5-8-20-43(34)53-47(31)35/h3-27H,1-2H3/i3D,4D,5D,6D,7D,8D,9D,10D,11D,12D,13D,14D,15D,16D,17D,18D,19D,20D,23D,25D,26D. The summed E-state index contributed by atoms with van der Waals surface area (Å²) in [6.45, 7) is 3.35. The van der Waals surface area contributed by atoms with Gasteiger partial charge in [-0.1, -0.05) is 111 Å². The van der Waals surface area contributed by atoms with Crippen LogP contribution in [0.4, 0.5) is 0 Å². The fourth-order valence-corrected chi connectivity index (χ4v) is 7.59. The van der Waals surface area contributed by atoms with Crippen molar-refractivity contribution in [1.29, 1.82) is 0 Å². The lowest BCUT2D eigenvalue weighted by atomic mass is 9.82. The van der Waals surface area contributed by atoms with Gasteiger partial charge in [0.25, 0.3) is 0 Å². The molecule has 5 heteroatoms. The lowest BCUT2D eigenvalue weighted by molar-refractivity contribution is 0.661. The highest BCUT2D eigenvalue weighted by molar-refractivity contribution is 6.13. The van der Waals surface area contributed by atoms with E-state index in [0.29, 0.717) is 0 Å². The molecule has 4 heterocycles. The van der Waals surface area contributed by atoms with Gasteiger partial charge in [-0.2, -0.15) is 0 Å². The van der Waals surface area contributed by atoms with E-state index >= 15 is 0 Å². The van der Waals surface area contributed by atoms with E-state index in [-0.39, 0.29) is 106 Å². The number of furan rings is 2. The van der Waals surface area contributed by atoms with Crippen LogP contribution in [0, 0.1) is 0 Å². The Morgan fingerprint density at radius 3 is 2.26 bits per heavy atom. The molecule has 0 saturated carbocycles. The van der Waals surface area contributed by atoms with E-state index in [1.807, 2.05) is 0 Å². The number of hydrogen-bond donors (Lipinski definition) is 0. The van der Waals surface area contributed by atoms with Crippen LogP contribution in [0.3, 0.4) is 0 Å². The molecule has 0 atom stereocenters. The van der Waals surface area contributed by atoms with Gasteiger partial charge < -0.3 is 13.4 Å². The highest BCUT2D eigenvalue weighted by atomic mass is 16.3. The molecule has 12 rings (SSSR count). The fraction of sp³-hybridized carbons (Fsp3) is 0.0612. The number of hydrogen-bond acceptors (Lipinski definition) is 4. The summed E-state index contributed by atoms with van der Waals surface area (Å²) in [4.78, 5) is 8.88. The molecule has 0 amide bonds. The molecule has 5 nitrogen and oxygen atoms in total. The smallest absolute Gasteiger partial charge is 0.180 e. The van der Waals surface area contributed by atoms with Gasteiger partial charge in [-0.3, -0.25) is 0 Å². The van der Waals surface area contributed by atoms with Gasteiger partial charge in [0.2, 0.25) is 0 Å². The van der Waals surface area contributed by atoms with Crippen molar-refractivity contribution in [3.8, 4) is 39.2 Å². The largest absolute Gasteiger partial charge is 0.455 e. The number of rotatable bonds is 3. The molecule has 7 aromatic carbocycles. The number of nitrogens with zero attached hydrogens (tertiary/aromatic N) is 3. The first kappa shape index (κ1) is 15.9. The van der Waals surface area contributed by atoms with Gasteiger partial charge in [0.1, 0.15) is 34.3 Å². The minimum Gasteiger partial charge on any atom is -0.455 e. The van der Waals surface area contributed by atoms with Crippen LogP contribution in [0.15, 0.2) is 160 Å². The van der Waals surface area contributed by atoms with Gasteiger partial charge in [0.15, 0.2) is 5.58 Å². The predicted molar refractivity (Wildman–Crippen MR) is 219 cm³/mol. The summed E-state index contributed by atoms with van der Waals surface area (Å²) in [5, 5.41) is -0.522. The molecule has 0 radical (unpaired) electrons. The van der Waals surface area contributed by atoms with E-state index in [0.717, 1.165) is 6.33 Å². The van der Waals surface area contributed by atoms with Gasteiger partial charge in [0, 0.05) is 49.2 Å². The highest BCUT2D eigenvalue weighted by Gasteiger charge is 2.36. The summed E-state index contributed by atoms with van der Waals surface area (Å²) in [5.41, 5.74) is -3.23. The Morgan fingerprint density at radius 2 is 1.31 bits per heavy atom. The van der Waals surface area contributed by atoms with Crippen molar-refractivity contribution in [2.24, 2.45) is 0 Å². The molecule has 0 spiro atoms. The SMILES string of the molecule is [2H]c1c([2H])c(-c2ncnc3c2oc2ccc(-n4c5c([2H])c([2H])c([2H])c([2H])c5c5c([2H])c6c(c([2H])c54)C(C)(C)c4c([2H])c([2H])c([2H])c([2H])c4-6)cc23)c([2H])c(-c2c([2H])c([2H])c([2H])c3c2oc2c([2H])c([2H])c([2H])c([2H])c23)c1[2H]. The molecule has 4 aromatic heterocycles. The van der Waals surface area contributed by atoms with Crippen LogP contribution >= 0.6 is 0 Å². The Labute approximate surface area is 339 Å². The lowest BCUT2D eigenvalue weighted by Gasteiger charge is -2.21. The van der Waals surface area contributed by atoms with Crippen LogP contribution < -0.4 is 0 Å². The molecule has 0 aliphatic heterocycles. The van der Waals surface area contributed by atoms with Crippen LogP contribution in [0.2, 0.25) is 0 Å². The Morgan fingerprint density at radius 1 is 0.556 bits per heavy atom. The zero-order valence-corrected chi connectivity index (χ0v) is 28.0. The third-order valence-electron chi connectivity index (χ3n) is 10.1. The number of aromatic nitrogens is 3. The summed E-state index contributed by atoms with van der Waals surface area (Å²) in [6, 6.07) is -7.60. The molecule has 1 aliphatic rings. The Balaban J connectivity index is 1.13. The second-order valence-electron chi connectivity index (χ2n) is 13.4. The van der Waals surface area contributed by atoms with E-state index in [1.165, 1.54) is 16.7 Å². The minimum atomic E-state index is -1.29. The molecular formula is C49H31N3O2. The molecule has 0 unspecified atom stereocenters. The van der Waals surface area contributed by atoms with Gasteiger partial charge >= 0.3 is 0 Å². The average Bonchev–Trinajstić information content (AvgIpc) is 4.16. The predicted octanol–water partition coefficient (Wildman–Crippen LogP) is 13.0. The zero-order chi connectivity index (χ0) is 54.0. The lowest BCUT2D eigenvalue weighted by Crippen LogP contribution is -2.14. The summed E-state index contributed by atoms with van der Waals surface area (Å²) in [6.07, 6.45) is 1.09. The second-order valence-corrected chi connectivity index (χ2v) is 13.4. The van der Waals surface area contributed by atoms with Crippen molar-refractivity contribution in [1.82, 2.24) is 14.5 Å². The zero-order valence-electron chi connectivity index (χ0n) is 49.0. The van der Waals surface area contributed by atoms with Gasteiger partial charge in [-0.25, -0.2) is 9.97 Å². The maximum Gasteiger partial charge on any atom is 0.180 e. The van der Waals surface area contributed by atoms with Crippen molar-refractivity contribution < 1.29 is 37.6 Å². The monoisotopic (exact) mass is 714 g/mol. The van der Waals surface area contributed by atoms with E-state index < -0.39 is 142 Å². The van der Waals surface area contributed by atoms with E-state index in [4.69, 9.17) is 30.8 Å². The number of para-hydroxylation sites is 3. The molecule has 0 saturated heterocycles. The van der Waals surface area contributed by atoms with Crippen LogP contribution in [0.25, 0.3) is 105 Å². The van der Waals surface area contributed by atoms with Gasteiger partial charge in [0.05, 0.1) is 39.8 Å². The van der Waals surface area contributed by atoms with E-state index in [9.17, 15) is 6.85 Å². The maximum absolute atomic E-state index is 9.94. The van der Waals surface area contributed by atoms with Crippen molar-refractivity contribution in [2.75, 3.05) is 0 Å². The van der Waals surface area contributed by atoms with E-state index in [1.54, 1.807) is 19.9 Å². The number of fused-ring (bicyclic) bond motifs is 12. The van der Waals surface area contributed by atoms with Gasteiger partial charge in [-0.15, -0.1) is 0 Å². The van der Waals surface area contributed by atoms with Crippen molar-refractivity contribution >= 4 is 65.8 Å². The molecule has 1 aliphatic carbocycles. The van der Waals surface area contributed by atoms with Crippen LogP contribution in [-0.4, -0.2) is 14.5 Å². The third-order valence-corrected chi connectivity index (χ3v) is 10.1. The maximum atomic E-state index is 9.94. The topological polar surface area (TPSA) is 57.0 Å². The molecule has 0 bridgehead atoms. The molecular weight excluding hydrogens is 663 g/mol. The van der Waals surface area contributed by atoms with Crippen LogP contribution in [0.1, 0.15) is 53.8 Å². The van der Waals surface area contributed by atoms with Crippen LogP contribution in [0.5, 0.6) is 0 Å². The molecule has 54 heavy (non-hydrogen) atoms. The summed E-state index contributed by atoms with van der Waals surface area (Å²) in [5.74, 6) is 0. The van der Waals surface area contributed by atoms with E-state index in [2.05, 4.69) is 9.97 Å². The third kappa shape index (κ3) is 3.93. The van der Waals surface area contributed by atoms with Crippen LogP contribution in [-0.2, 0) is 5.41 Å². The van der Waals surface area contributed by atoms with Crippen molar-refractivity contribution in [2.45, 2.75) is 19.3 Å². The van der Waals surface area contributed by atoms with Gasteiger partial charge in [-0.05, 0) is 76.2 Å². The first-order chi connectivity index (χ1) is 35.3. The summed E-state index contributed by atoms with van der Waals surface area (Å²) >= 11 is 0. The Kier molecular flexibility index (Phi) is 3.12. The molecule has 11 aromatic rings. The first-order valence-corrected chi connectivity index (χ1v) is 16.7. The molecule has 254 valence electrons. The normalized spacial score (nSPS) is 19.0. The Hall–Kier alpha value is -6.98. The molecule has 0 N–H and O–H groups in total. The Bertz CT molecular complexity index is 4590. The summed E-state index contributed by atoms with van der Waals surface area (Å²) < 4.78 is 201. The second kappa shape index (κ2) is 10.6. The van der Waals surface area contributed by atoms with Crippen molar-refractivity contribution in [3.63, 3.8) is 0 Å². The molecule has 0 fully saturated rings.